The summed E-state index contributed by atoms with van der Waals surface area (Å²) in [5, 5.41) is 0. The smallest absolute Gasteiger partial charge is 0.242 e. The number of nitrogens with two attached hydrogens (primary N) is 1. The van der Waals surface area contributed by atoms with Gasteiger partial charge in [-0.1, -0.05) is 12.2 Å². The van der Waals surface area contributed by atoms with Gasteiger partial charge in [-0.05, 0) is 43.5 Å². The molecule has 1 fully saturated rings. The lowest BCUT2D eigenvalue weighted by Gasteiger charge is -2.23. The molecule has 0 aliphatic carbocycles. The molecular weight excluding hydrogens is 270 g/mol. The molecule has 1 heterocycles. The highest BCUT2D eigenvalue weighted by atomic mass is 32.1. The van der Waals surface area contributed by atoms with Gasteiger partial charge in [-0.3, -0.25) is 4.79 Å². The normalized spacial score (nSPS) is 14.4. The lowest BCUT2D eigenvalue weighted by atomic mass is 10.1. The van der Waals surface area contributed by atoms with E-state index in [0.29, 0.717) is 11.5 Å². The van der Waals surface area contributed by atoms with Gasteiger partial charge in [0.15, 0.2) is 0 Å². The van der Waals surface area contributed by atoms with Crippen molar-refractivity contribution in [2.24, 2.45) is 5.73 Å². The average Bonchev–Trinajstić information content (AvgIpc) is 2.91. The lowest BCUT2D eigenvalue weighted by Crippen LogP contribution is -2.37. The quantitative estimate of drug-likeness (QED) is 0.858. The van der Waals surface area contributed by atoms with Crippen molar-refractivity contribution in [3.05, 3.63) is 29.3 Å². The van der Waals surface area contributed by atoms with Gasteiger partial charge < -0.3 is 15.5 Å². The zero-order valence-corrected chi connectivity index (χ0v) is 12.9. The van der Waals surface area contributed by atoms with Gasteiger partial charge >= 0.3 is 0 Å². The van der Waals surface area contributed by atoms with Crippen LogP contribution in [0.3, 0.4) is 0 Å². The summed E-state index contributed by atoms with van der Waals surface area (Å²) in [4.78, 5) is 16.4. The number of likely N-dealkylation sites (tertiary alicyclic amines) is 1. The van der Waals surface area contributed by atoms with E-state index in [1.165, 1.54) is 0 Å². The van der Waals surface area contributed by atoms with E-state index in [1.807, 2.05) is 42.0 Å². The molecule has 108 valence electrons. The molecule has 2 rings (SSSR count). The summed E-state index contributed by atoms with van der Waals surface area (Å²) in [6.45, 7) is 4.18. The van der Waals surface area contributed by atoms with Crippen molar-refractivity contribution < 1.29 is 4.79 Å². The molecular formula is C15H21N3OS. The van der Waals surface area contributed by atoms with Crippen LogP contribution in [0.15, 0.2) is 18.2 Å². The number of hydrogen-bond acceptors (Lipinski definition) is 3. The van der Waals surface area contributed by atoms with Crippen molar-refractivity contribution in [2.75, 3.05) is 31.6 Å². The van der Waals surface area contributed by atoms with Crippen LogP contribution in [0.2, 0.25) is 0 Å². The Morgan fingerprint density at radius 1 is 1.40 bits per heavy atom. The minimum atomic E-state index is 0.195. The maximum Gasteiger partial charge on any atom is 0.242 e. The number of nitrogens with zero attached hydrogens (tertiary/aromatic N) is 2. The first-order chi connectivity index (χ1) is 9.49. The fourth-order valence-corrected chi connectivity index (χ4v) is 2.75. The molecule has 0 aromatic heterocycles. The van der Waals surface area contributed by atoms with Crippen LogP contribution in [0, 0.1) is 6.92 Å². The van der Waals surface area contributed by atoms with Crippen LogP contribution in [0.1, 0.15) is 24.0 Å². The van der Waals surface area contributed by atoms with Crippen LogP contribution in [0.5, 0.6) is 0 Å². The van der Waals surface area contributed by atoms with Crippen LogP contribution < -0.4 is 10.6 Å². The van der Waals surface area contributed by atoms with Crippen LogP contribution in [-0.4, -0.2) is 42.5 Å². The van der Waals surface area contributed by atoms with Crippen molar-refractivity contribution in [3.8, 4) is 0 Å². The second-order valence-corrected chi connectivity index (χ2v) is 5.75. The predicted octanol–water partition coefficient (Wildman–Crippen LogP) is 1.69. The van der Waals surface area contributed by atoms with Gasteiger partial charge in [-0.25, -0.2) is 0 Å². The van der Waals surface area contributed by atoms with Gasteiger partial charge in [0.25, 0.3) is 0 Å². The number of aryl methyl sites for hydroxylation is 1. The minimum Gasteiger partial charge on any atom is -0.389 e. The molecule has 1 aliphatic heterocycles. The minimum absolute atomic E-state index is 0.195. The highest BCUT2D eigenvalue weighted by molar-refractivity contribution is 7.80. The Bertz CT molecular complexity index is 524. The van der Waals surface area contributed by atoms with Gasteiger partial charge in [0, 0.05) is 31.4 Å². The van der Waals surface area contributed by atoms with Crippen molar-refractivity contribution in [1.29, 1.82) is 0 Å². The van der Waals surface area contributed by atoms with E-state index in [9.17, 15) is 4.79 Å². The molecule has 20 heavy (non-hydrogen) atoms. The van der Waals surface area contributed by atoms with E-state index in [1.54, 1.807) is 0 Å². The Balaban J connectivity index is 2.05. The summed E-state index contributed by atoms with van der Waals surface area (Å²) in [5.41, 5.74) is 8.60. The zero-order valence-electron chi connectivity index (χ0n) is 12.1. The second-order valence-electron chi connectivity index (χ2n) is 5.31. The molecule has 0 spiro atoms. The molecule has 1 saturated heterocycles. The molecule has 4 nitrogen and oxygen atoms in total. The summed E-state index contributed by atoms with van der Waals surface area (Å²) < 4.78 is 0. The van der Waals surface area contributed by atoms with Gasteiger partial charge in [-0.2, -0.15) is 0 Å². The van der Waals surface area contributed by atoms with E-state index in [2.05, 4.69) is 0 Å². The van der Waals surface area contributed by atoms with E-state index in [4.69, 9.17) is 18.0 Å². The average molecular weight is 291 g/mol. The number of benzene rings is 1. The van der Waals surface area contributed by atoms with Gasteiger partial charge in [0.05, 0.1) is 6.54 Å². The van der Waals surface area contributed by atoms with E-state index in [0.717, 1.165) is 42.7 Å². The van der Waals surface area contributed by atoms with Gasteiger partial charge in [-0.15, -0.1) is 0 Å². The maximum absolute atomic E-state index is 12.1. The molecule has 0 bridgehead atoms. The van der Waals surface area contributed by atoms with Crippen LogP contribution in [0.25, 0.3) is 0 Å². The molecule has 1 aromatic rings. The van der Waals surface area contributed by atoms with Crippen LogP contribution in [0.4, 0.5) is 5.69 Å². The van der Waals surface area contributed by atoms with Crippen LogP contribution in [-0.2, 0) is 4.79 Å². The third-order valence-electron chi connectivity index (χ3n) is 3.75. The molecule has 1 amide bonds. The summed E-state index contributed by atoms with van der Waals surface area (Å²) in [5.74, 6) is 0.195. The zero-order chi connectivity index (χ0) is 14.7. The number of anilines is 1. The Kier molecular flexibility index (Phi) is 4.60. The largest absolute Gasteiger partial charge is 0.389 e. The molecule has 0 unspecified atom stereocenters. The fraction of sp³-hybridized carbons (Fsp3) is 0.467. The first-order valence-electron chi connectivity index (χ1n) is 6.88. The van der Waals surface area contributed by atoms with Crippen molar-refractivity contribution in [3.63, 3.8) is 0 Å². The van der Waals surface area contributed by atoms with E-state index < -0.39 is 0 Å². The Morgan fingerprint density at radius 2 is 2.05 bits per heavy atom. The number of amides is 1. The molecule has 0 radical (unpaired) electrons. The van der Waals surface area contributed by atoms with Gasteiger partial charge in [0.1, 0.15) is 4.99 Å². The maximum atomic E-state index is 12.1. The SMILES string of the molecule is Cc1cc(N(C)CC(=O)N2CCCC2)ccc1C(N)=S. The topological polar surface area (TPSA) is 49.6 Å². The number of likely N-dealkylation sites (N-methyl/N-ethyl adjacent to an activating group) is 1. The highest BCUT2D eigenvalue weighted by Crippen LogP contribution is 2.19. The standard InChI is InChI=1S/C15H21N3OS/c1-11-9-12(5-6-13(11)15(16)20)17(2)10-14(19)18-7-3-4-8-18/h5-6,9H,3-4,7-8,10H2,1-2H3,(H2,16,20). The molecule has 0 saturated carbocycles. The highest BCUT2D eigenvalue weighted by Gasteiger charge is 2.19. The van der Waals surface area contributed by atoms with Crippen molar-refractivity contribution in [2.45, 2.75) is 19.8 Å². The Hall–Kier alpha value is -1.62. The van der Waals surface area contributed by atoms with Gasteiger partial charge in [0.2, 0.25) is 5.91 Å². The summed E-state index contributed by atoms with van der Waals surface area (Å²) >= 11 is 5.00. The first-order valence-corrected chi connectivity index (χ1v) is 7.29. The molecule has 1 aliphatic rings. The second kappa shape index (κ2) is 6.22. The molecule has 5 heteroatoms. The van der Waals surface area contributed by atoms with Crippen molar-refractivity contribution in [1.82, 2.24) is 4.90 Å². The van der Waals surface area contributed by atoms with E-state index in [-0.39, 0.29) is 5.91 Å². The van der Waals surface area contributed by atoms with Crippen LogP contribution >= 0.6 is 12.2 Å². The number of rotatable bonds is 4. The molecule has 1 aromatic carbocycles. The third kappa shape index (κ3) is 3.28. The first kappa shape index (κ1) is 14.8. The molecule has 2 N–H and O–H groups in total. The van der Waals surface area contributed by atoms with E-state index >= 15 is 0 Å². The molecule has 0 atom stereocenters. The number of thiocarbonyl (C=S) groups is 1. The fourth-order valence-electron chi connectivity index (χ4n) is 2.52. The summed E-state index contributed by atoms with van der Waals surface area (Å²) in [6.07, 6.45) is 2.24. The predicted molar refractivity (Wildman–Crippen MR) is 86.2 cm³/mol. The van der Waals surface area contributed by atoms with Crippen molar-refractivity contribution >= 4 is 28.8 Å². The number of carbonyl (C=O) groups excluding carboxylic acids is 1. The number of hydrogen-bond donors (Lipinski definition) is 1. The third-order valence-corrected chi connectivity index (χ3v) is 3.97. The Morgan fingerprint density at radius 3 is 2.60 bits per heavy atom. The lowest BCUT2D eigenvalue weighted by molar-refractivity contribution is -0.128. The summed E-state index contributed by atoms with van der Waals surface area (Å²) in [7, 11) is 1.93. The number of carbonyl (C=O) groups is 1. The summed E-state index contributed by atoms with van der Waals surface area (Å²) in [6, 6.07) is 5.90. The Labute approximate surface area is 125 Å². The monoisotopic (exact) mass is 291 g/mol.